The molecule has 0 spiro atoms. The Kier molecular flexibility index (Phi) is 6.29. The second kappa shape index (κ2) is 9.70. The van der Waals surface area contributed by atoms with Gasteiger partial charge in [0.2, 0.25) is 0 Å². The lowest BCUT2D eigenvalue weighted by molar-refractivity contribution is -0.140. The van der Waals surface area contributed by atoms with Crippen LogP contribution in [0.1, 0.15) is 36.5 Å². The van der Waals surface area contributed by atoms with E-state index in [1.54, 1.807) is 0 Å². The molecule has 1 amide bonds. The van der Waals surface area contributed by atoms with Crippen LogP contribution in [0.3, 0.4) is 0 Å². The Morgan fingerprint density at radius 1 is 0.972 bits per heavy atom. The zero-order valence-electron chi connectivity index (χ0n) is 19.9. The van der Waals surface area contributed by atoms with E-state index in [4.69, 9.17) is 9.26 Å². The molecule has 0 saturated heterocycles. The van der Waals surface area contributed by atoms with E-state index < -0.39 is 17.5 Å². The summed E-state index contributed by atoms with van der Waals surface area (Å²) < 4.78 is 10.8. The molecular formula is C29H26N2O5. The predicted molar refractivity (Wildman–Crippen MR) is 136 cm³/mol. The highest BCUT2D eigenvalue weighted by atomic mass is 16.5. The van der Waals surface area contributed by atoms with Gasteiger partial charge in [0.1, 0.15) is 12.3 Å². The van der Waals surface area contributed by atoms with Crippen LogP contribution in [0, 0.1) is 0 Å². The number of carboxylic acids is 1. The number of rotatable bonds is 8. The van der Waals surface area contributed by atoms with Gasteiger partial charge < -0.3 is 14.4 Å². The predicted octanol–water partition coefficient (Wildman–Crippen LogP) is 6.44. The highest BCUT2D eigenvalue weighted by Gasteiger charge is 2.51. The van der Waals surface area contributed by atoms with Crippen molar-refractivity contribution in [2.24, 2.45) is 0 Å². The average Bonchev–Trinajstić information content (AvgIpc) is 3.61. The van der Waals surface area contributed by atoms with Gasteiger partial charge in [-0.05, 0) is 47.1 Å². The fraction of sp³-hybridized carbons (Fsp3) is 0.207. The first kappa shape index (κ1) is 23.4. The van der Waals surface area contributed by atoms with Crippen LogP contribution in [0.4, 0.5) is 10.5 Å². The first-order valence-corrected chi connectivity index (χ1v) is 11.9. The first-order chi connectivity index (χ1) is 17.5. The molecule has 0 atom stereocenters. The molecule has 1 heterocycles. The van der Waals surface area contributed by atoms with E-state index in [2.05, 4.69) is 17.4 Å². The summed E-state index contributed by atoms with van der Waals surface area (Å²) in [7, 11) is 0. The summed E-state index contributed by atoms with van der Waals surface area (Å²) in [4.78, 5) is 23.9. The number of ether oxygens (including phenoxy) is 1. The molecule has 182 valence electrons. The van der Waals surface area contributed by atoms with Gasteiger partial charge in [-0.1, -0.05) is 84.9 Å². The fourth-order valence-electron chi connectivity index (χ4n) is 4.32. The minimum absolute atomic E-state index is 0.168. The standard InChI is InChI=1S/C29H26N2O5/c1-2-19-4-3-5-20(16-19)18-35-28(34)31-25-17-30-36-26(25)23-8-6-21(7-9-23)22-10-12-24(13-11-22)29(14-15-29)27(32)33/h3-13,16-17H,2,14-15,18H2,1H3,(H,31,34)(H,32,33). The van der Waals surface area contributed by atoms with Crippen molar-refractivity contribution >= 4 is 17.7 Å². The maximum absolute atomic E-state index is 12.4. The quantitative estimate of drug-likeness (QED) is 0.300. The van der Waals surface area contributed by atoms with Gasteiger partial charge in [-0.15, -0.1) is 0 Å². The van der Waals surface area contributed by atoms with Crippen LogP contribution in [-0.2, 0) is 28.0 Å². The number of nitrogens with one attached hydrogen (secondary N) is 1. The van der Waals surface area contributed by atoms with E-state index in [0.29, 0.717) is 24.3 Å². The maximum atomic E-state index is 12.4. The SMILES string of the molecule is CCc1cccc(COC(=O)Nc2cnoc2-c2ccc(-c3ccc(C4(C(=O)O)CC4)cc3)cc2)c1. The highest BCUT2D eigenvalue weighted by Crippen LogP contribution is 2.48. The molecule has 0 bridgehead atoms. The number of amides is 1. The molecule has 4 aromatic rings. The molecule has 7 heteroatoms. The van der Waals surface area contributed by atoms with Crippen LogP contribution in [0.25, 0.3) is 22.5 Å². The second-order valence-electron chi connectivity index (χ2n) is 8.99. The van der Waals surface area contributed by atoms with E-state index in [1.165, 1.54) is 11.8 Å². The van der Waals surface area contributed by atoms with Crippen molar-refractivity contribution in [3.63, 3.8) is 0 Å². The summed E-state index contributed by atoms with van der Waals surface area (Å²) in [6.45, 7) is 2.25. The third-order valence-corrected chi connectivity index (χ3v) is 6.65. The lowest BCUT2D eigenvalue weighted by atomic mass is 9.93. The van der Waals surface area contributed by atoms with Crippen LogP contribution in [-0.4, -0.2) is 22.3 Å². The molecule has 1 saturated carbocycles. The summed E-state index contributed by atoms with van der Waals surface area (Å²) in [5.41, 5.74) is 5.38. The molecule has 1 aliphatic carbocycles. The number of hydrogen-bond acceptors (Lipinski definition) is 5. The van der Waals surface area contributed by atoms with E-state index in [1.807, 2.05) is 72.8 Å². The average molecular weight is 483 g/mol. The van der Waals surface area contributed by atoms with E-state index in [-0.39, 0.29) is 6.61 Å². The Labute approximate surface area is 208 Å². The van der Waals surface area contributed by atoms with Crippen molar-refractivity contribution in [3.05, 3.63) is 95.7 Å². The zero-order chi connectivity index (χ0) is 25.1. The minimum atomic E-state index is -0.759. The van der Waals surface area contributed by atoms with E-state index in [9.17, 15) is 14.7 Å². The third kappa shape index (κ3) is 4.73. The number of benzene rings is 3. The van der Waals surface area contributed by atoms with Crippen molar-refractivity contribution in [3.8, 4) is 22.5 Å². The number of aromatic nitrogens is 1. The molecule has 7 nitrogen and oxygen atoms in total. The number of carboxylic acid groups (broad SMARTS) is 1. The number of carbonyl (C=O) groups is 2. The van der Waals surface area contributed by atoms with Gasteiger partial charge in [-0.2, -0.15) is 0 Å². The van der Waals surface area contributed by atoms with Crippen LogP contribution < -0.4 is 5.32 Å². The topological polar surface area (TPSA) is 102 Å². The summed E-state index contributed by atoms with van der Waals surface area (Å²) in [5.74, 6) is -0.329. The molecule has 1 aromatic heterocycles. The molecule has 1 fully saturated rings. The lowest BCUT2D eigenvalue weighted by Gasteiger charge is -2.11. The zero-order valence-corrected chi connectivity index (χ0v) is 19.9. The minimum Gasteiger partial charge on any atom is -0.481 e. The smallest absolute Gasteiger partial charge is 0.412 e. The number of carbonyl (C=O) groups excluding carboxylic acids is 1. The molecule has 0 aliphatic heterocycles. The van der Waals surface area contributed by atoms with Crippen molar-refractivity contribution in [2.75, 3.05) is 5.32 Å². The van der Waals surface area contributed by atoms with Gasteiger partial charge in [-0.25, -0.2) is 4.79 Å². The first-order valence-electron chi connectivity index (χ1n) is 11.9. The van der Waals surface area contributed by atoms with Crippen molar-refractivity contribution in [1.29, 1.82) is 0 Å². The lowest BCUT2D eigenvalue weighted by Crippen LogP contribution is -2.19. The summed E-state index contributed by atoms with van der Waals surface area (Å²) >= 11 is 0. The molecule has 0 unspecified atom stereocenters. The second-order valence-corrected chi connectivity index (χ2v) is 8.99. The fourth-order valence-corrected chi connectivity index (χ4v) is 4.32. The third-order valence-electron chi connectivity index (χ3n) is 6.65. The Balaban J connectivity index is 1.24. The Morgan fingerprint density at radius 2 is 1.61 bits per heavy atom. The van der Waals surface area contributed by atoms with Crippen molar-refractivity contribution in [1.82, 2.24) is 5.16 Å². The van der Waals surface area contributed by atoms with Crippen molar-refractivity contribution in [2.45, 2.75) is 38.2 Å². The van der Waals surface area contributed by atoms with Gasteiger partial charge in [0, 0.05) is 5.56 Å². The molecule has 36 heavy (non-hydrogen) atoms. The number of nitrogens with zero attached hydrogens (tertiary/aromatic N) is 1. The monoisotopic (exact) mass is 482 g/mol. The molecule has 5 rings (SSSR count). The maximum Gasteiger partial charge on any atom is 0.412 e. The van der Waals surface area contributed by atoms with Crippen LogP contribution in [0.5, 0.6) is 0 Å². The Hall–Kier alpha value is -4.39. The van der Waals surface area contributed by atoms with Crippen molar-refractivity contribution < 1.29 is 24.0 Å². The van der Waals surface area contributed by atoms with Gasteiger partial charge >= 0.3 is 12.1 Å². The largest absolute Gasteiger partial charge is 0.481 e. The Bertz CT molecular complexity index is 1390. The normalized spacial score (nSPS) is 13.7. The molecule has 0 radical (unpaired) electrons. The van der Waals surface area contributed by atoms with E-state index in [0.717, 1.165) is 34.2 Å². The van der Waals surface area contributed by atoms with Gasteiger partial charge in [0.05, 0.1) is 11.6 Å². The summed E-state index contributed by atoms with van der Waals surface area (Å²) in [5, 5.41) is 16.0. The number of aryl methyl sites for hydroxylation is 1. The van der Waals surface area contributed by atoms with E-state index >= 15 is 0 Å². The number of anilines is 1. The van der Waals surface area contributed by atoms with Crippen LogP contribution >= 0.6 is 0 Å². The van der Waals surface area contributed by atoms with Gasteiger partial charge in [0.25, 0.3) is 0 Å². The summed E-state index contributed by atoms with van der Waals surface area (Å²) in [6.07, 6.45) is 3.14. The molecule has 1 aliphatic rings. The number of aliphatic carboxylic acids is 1. The highest BCUT2D eigenvalue weighted by molar-refractivity contribution is 5.89. The molecule has 3 aromatic carbocycles. The Morgan fingerprint density at radius 3 is 2.25 bits per heavy atom. The summed E-state index contributed by atoms with van der Waals surface area (Å²) in [6, 6.07) is 23.3. The number of hydrogen-bond donors (Lipinski definition) is 2. The van der Waals surface area contributed by atoms with Crippen LogP contribution in [0.2, 0.25) is 0 Å². The molecule has 2 N–H and O–H groups in total. The van der Waals surface area contributed by atoms with Crippen LogP contribution in [0.15, 0.2) is 83.5 Å². The van der Waals surface area contributed by atoms with Gasteiger partial charge in [-0.3, -0.25) is 10.1 Å². The molecular weight excluding hydrogens is 456 g/mol. The van der Waals surface area contributed by atoms with Gasteiger partial charge in [0.15, 0.2) is 5.76 Å².